The lowest BCUT2D eigenvalue weighted by atomic mass is 10.1. The molecule has 2 N–H and O–H groups in total. The first-order chi connectivity index (χ1) is 12.2. The molecule has 0 bridgehead atoms. The fourth-order valence-electron chi connectivity index (χ4n) is 2.34. The van der Waals surface area contributed by atoms with Crippen molar-refractivity contribution in [2.75, 3.05) is 13.7 Å². The monoisotopic (exact) mass is 380 g/mol. The van der Waals surface area contributed by atoms with Gasteiger partial charge in [0.25, 0.3) is 0 Å². The highest BCUT2D eigenvalue weighted by Gasteiger charge is 2.18. The third kappa shape index (κ3) is 5.27. The highest BCUT2D eigenvalue weighted by Crippen LogP contribution is 2.21. The van der Waals surface area contributed by atoms with Gasteiger partial charge in [0.1, 0.15) is 11.6 Å². The van der Waals surface area contributed by atoms with Crippen LogP contribution in [0.1, 0.15) is 24.9 Å². The summed E-state index contributed by atoms with van der Waals surface area (Å²) in [6, 6.07) is 11.4. The summed E-state index contributed by atoms with van der Waals surface area (Å²) in [6.45, 7) is 2.01. The Labute approximate surface area is 152 Å². The molecule has 0 saturated heterocycles. The van der Waals surface area contributed by atoms with Crippen molar-refractivity contribution in [2.24, 2.45) is 5.14 Å². The van der Waals surface area contributed by atoms with Gasteiger partial charge in [0.15, 0.2) is 0 Å². The highest BCUT2D eigenvalue weighted by molar-refractivity contribution is 7.89. The normalized spacial score (nSPS) is 12.5. The molecule has 2 aromatic carbocycles. The number of benzene rings is 2. The van der Waals surface area contributed by atoms with E-state index in [1.54, 1.807) is 24.1 Å². The number of carbonyl (C=O) groups excluding carboxylic acids is 1. The van der Waals surface area contributed by atoms with Gasteiger partial charge in [-0.05, 0) is 48.9 Å². The highest BCUT2D eigenvalue weighted by atomic mass is 32.2. The number of rotatable bonds is 7. The second-order valence-corrected chi connectivity index (χ2v) is 7.41. The van der Waals surface area contributed by atoms with E-state index < -0.39 is 10.0 Å². The summed E-state index contributed by atoms with van der Waals surface area (Å²) in [4.78, 5) is 13.9. The number of sulfonamides is 1. The smallest absolute Gasteiger partial charge is 0.238 e. The molecule has 0 aliphatic rings. The van der Waals surface area contributed by atoms with E-state index in [1.165, 1.54) is 36.4 Å². The molecular formula is C18H21FN2O4S. The number of nitrogens with zero attached hydrogens (tertiary/aromatic N) is 1. The Morgan fingerprint density at radius 1 is 1.15 bits per heavy atom. The minimum Gasteiger partial charge on any atom is -0.493 e. The SMILES string of the molecule is CC(c1ccc(S(N)(=O)=O)cc1)N(C)C(=O)CCOc1ccc(F)cc1. The number of nitrogens with two attached hydrogens (primary N) is 1. The van der Waals surface area contributed by atoms with Crippen molar-refractivity contribution >= 4 is 15.9 Å². The molecule has 2 aromatic rings. The van der Waals surface area contributed by atoms with E-state index in [4.69, 9.17) is 9.88 Å². The van der Waals surface area contributed by atoms with Crippen LogP contribution in [0.4, 0.5) is 4.39 Å². The molecule has 0 aliphatic carbocycles. The average Bonchev–Trinajstić information content (AvgIpc) is 2.61. The zero-order valence-corrected chi connectivity index (χ0v) is 15.4. The van der Waals surface area contributed by atoms with Crippen LogP contribution in [0.3, 0.4) is 0 Å². The van der Waals surface area contributed by atoms with Crippen LogP contribution in [0.15, 0.2) is 53.4 Å². The van der Waals surface area contributed by atoms with Crippen LogP contribution in [0.25, 0.3) is 0 Å². The van der Waals surface area contributed by atoms with Crippen LogP contribution in [-0.2, 0) is 14.8 Å². The fraction of sp³-hybridized carbons (Fsp3) is 0.278. The first-order valence-corrected chi connectivity index (χ1v) is 9.50. The Bertz CT molecular complexity index is 852. The lowest BCUT2D eigenvalue weighted by molar-refractivity contribution is -0.132. The summed E-state index contributed by atoms with van der Waals surface area (Å²) in [7, 11) is -2.08. The number of halogens is 1. The van der Waals surface area contributed by atoms with Crippen LogP contribution < -0.4 is 9.88 Å². The van der Waals surface area contributed by atoms with Gasteiger partial charge in [-0.15, -0.1) is 0 Å². The molecule has 0 heterocycles. The van der Waals surface area contributed by atoms with Crippen LogP contribution >= 0.6 is 0 Å². The maximum atomic E-state index is 12.8. The second-order valence-electron chi connectivity index (χ2n) is 5.85. The standard InChI is InChI=1S/C18H21FN2O4S/c1-13(14-3-9-17(10-4-14)26(20,23)24)21(2)18(22)11-12-25-16-7-5-15(19)6-8-16/h3-10,13H,11-12H2,1-2H3,(H2,20,23,24). The quantitative estimate of drug-likeness (QED) is 0.799. The molecule has 0 saturated carbocycles. The largest absolute Gasteiger partial charge is 0.493 e. The van der Waals surface area contributed by atoms with Gasteiger partial charge in [0.05, 0.1) is 24.0 Å². The summed E-state index contributed by atoms with van der Waals surface area (Å²) in [5.74, 6) is 0.0130. The third-order valence-electron chi connectivity index (χ3n) is 4.06. The summed E-state index contributed by atoms with van der Waals surface area (Å²) in [6.07, 6.45) is 0.160. The van der Waals surface area contributed by atoms with Crippen molar-refractivity contribution in [2.45, 2.75) is 24.3 Å². The lowest BCUT2D eigenvalue weighted by Crippen LogP contribution is -2.30. The van der Waals surface area contributed by atoms with Crippen molar-refractivity contribution < 1.29 is 22.3 Å². The number of hydrogen-bond donors (Lipinski definition) is 1. The predicted molar refractivity (Wildman–Crippen MR) is 95.5 cm³/mol. The number of ether oxygens (including phenoxy) is 1. The maximum Gasteiger partial charge on any atom is 0.238 e. The Kier molecular flexibility index (Phi) is 6.33. The van der Waals surface area contributed by atoms with Gasteiger partial charge >= 0.3 is 0 Å². The van der Waals surface area contributed by atoms with Gasteiger partial charge in [-0.1, -0.05) is 12.1 Å². The van der Waals surface area contributed by atoms with Crippen molar-refractivity contribution in [3.8, 4) is 5.75 Å². The summed E-state index contributed by atoms with van der Waals surface area (Å²) >= 11 is 0. The van der Waals surface area contributed by atoms with Gasteiger partial charge < -0.3 is 9.64 Å². The average molecular weight is 380 g/mol. The van der Waals surface area contributed by atoms with E-state index in [9.17, 15) is 17.6 Å². The van der Waals surface area contributed by atoms with Gasteiger partial charge in [-0.2, -0.15) is 0 Å². The Morgan fingerprint density at radius 2 is 1.73 bits per heavy atom. The molecule has 1 amide bonds. The minimum absolute atomic E-state index is 0.0233. The number of hydrogen-bond acceptors (Lipinski definition) is 4. The summed E-state index contributed by atoms with van der Waals surface area (Å²) in [5, 5.41) is 5.08. The van der Waals surface area contributed by atoms with Crippen molar-refractivity contribution in [1.29, 1.82) is 0 Å². The van der Waals surface area contributed by atoms with E-state index in [2.05, 4.69) is 0 Å². The van der Waals surface area contributed by atoms with Crippen molar-refractivity contribution in [3.63, 3.8) is 0 Å². The molecule has 26 heavy (non-hydrogen) atoms. The van der Waals surface area contributed by atoms with E-state index in [0.717, 1.165) is 5.56 Å². The molecule has 0 fully saturated rings. The van der Waals surface area contributed by atoms with Crippen molar-refractivity contribution in [1.82, 2.24) is 4.90 Å². The zero-order valence-electron chi connectivity index (χ0n) is 14.6. The predicted octanol–water partition coefficient (Wildman–Crippen LogP) is 2.46. The molecule has 0 spiro atoms. The van der Waals surface area contributed by atoms with Crippen LogP contribution in [-0.4, -0.2) is 32.9 Å². The summed E-state index contributed by atoms with van der Waals surface area (Å²) < 4.78 is 40.8. The second kappa shape index (κ2) is 8.29. The first kappa shape index (κ1) is 19.9. The van der Waals surface area contributed by atoms with E-state index in [-0.39, 0.29) is 35.7 Å². The van der Waals surface area contributed by atoms with Crippen LogP contribution in [0.5, 0.6) is 5.75 Å². The molecule has 1 atom stereocenters. The molecule has 140 valence electrons. The van der Waals surface area contributed by atoms with Gasteiger partial charge in [0.2, 0.25) is 15.9 Å². The Balaban J connectivity index is 1.91. The molecular weight excluding hydrogens is 359 g/mol. The Morgan fingerprint density at radius 3 is 2.27 bits per heavy atom. The van der Waals surface area contributed by atoms with E-state index in [0.29, 0.717) is 5.75 Å². The first-order valence-electron chi connectivity index (χ1n) is 7.95. The molecule has 6 nitrogen and oxygen atoms in total. The molecule has 1 unspecified atom stereocenters. The van der Waals surface area contributed by atoms with E-state index >= 15 is 0 Å². The molecule has 0 aliphatic heterocycles. The zero-order chi connectivity index (χ0) is 19.3. The number of carbonyl (C=O) groups is 1. The summed E-state index contributed by atoms with van der Waals surface area (Å²) in [5.41, 5.74) is 0.785. The maximum absolute atomic E-state index is 12.8. The molecule has 0 radical (unpaired) electrons. The third-order valence-corrected chi connectivity index (χ3v) is 4.99. The fourth-order valence-corrected chi connectivity index (χ4v) is 2.85. The Hall–Kier alpha value is -2.45. The molecule has 0 aromatic heterocycles. The van der Waals surface area contributed by atoms with Gasteiger partial charge in [0, 0.05) is 7.05 Å². The van der Waals surface area contributed by atoms with Crippen LogP contribution in [0, 0.1) is 5.82 Å². The number of primary sulfonamides is 1. The molecule has 8 heteroatoms. The minimum atomic E-state index is -3.74. The van der Waals surface area contributed by atoms with Crippen LogP contribution in [0.2, 0.25) is 0 Å². The number of amides is 1. The molecule has 2 rings (SSSR count). The van der Waals surface area contributed by atoms with E-state index in [1.807, 2.05) is 6.92 Å². The van der Waals surface area contributed by atoms with Gasteiger partial charge in [-0.25, -0.2) is 17.9 Å². The van der Waals surface area contributed by atoms with Gasteiger partial charge in [-0.3, -0.25) is 4.79 Å². The van der Waals surface area contributed by atoms with Crippen molar-refractivity contribution in [3.05, 3.63) is 59.9 Å². The lowest BCUT2D eigenvalue weighted by Gasteiger charge is -2.25. The topological polar surface area (TPSA) is 89.7 Å².